The third-order valence-electron chi connectivity index (χ3n) is 4.80. The van der Waals surface area contributed by atoms with E-state index in [0.717, 1.165) is 36.1 Å². The highest BCUT2D eigenvalue weighted by Gasteiger charge is 2.14. The van der Waals surface area contributed by atoms with Crippen LogP contribution in [0.5, 0.6) is 11.5 Å². The summed E-state index contributed by atoms with van der Waals surface area (Å²) in [6.07, 6.45) is 0.809. The van der Waals surface area contributed by atoms with E-state index in [1.54, 1.807) is 7.11 Å². The molecule has 1 heterocycles. The molecule has 2 unspecified atom stereocenters. The molecule has 1 aromatic carbocycles. The summed E-state index contributed by atoms with van der Waals surface area (Å²) in [4.78, 5) is 4.70. The molecule has 2 aromatic rings. The van der Waals surface area contributed by atoms with Crippen molar-refractivity contribution in [3.8, 4) is 11.5 Å². The van der Waals surface area contributed by atoms with E-state index in [-0.39, 0.29) is 36.1 Å². The first-order valence-electron chi connectivity index (χ1n) is 10.2. The van der Waals surface area contributed by atoms with Gasteiger partial charge >= 0.3 is 0 Å². The van der Waals surface area contributed by atoms with Crippen molar-refractivity contribution in [2.24, 2.45) is 12.0 Å². The van der Waals surface area contributed by atoms with Crippen molar-refractivity contribution in [2.75, 3.05) is 20.2 Å². The van der Waals surface area contributed by atoms with Crippen molar-refractivity contribution >= 4 is 29.9 Å². The fourth-order valence-corrected chi connectivity index (χ4v) is 3.21. The first-order chi connectivity index (χ1) is 13.8. The summed E-state index contributed by atoms with van der Waals surface area (Å²) in [6, 6.07) is 7.88. The van der Waals surface area contributed by atoms with Gasteiger partial charge in [-0.1, -0.05) is 12.1 Å². The molecule has 2 atom stereocenters. The molecular weight excluding hydrogens is 493 g/mol. The van der Waals surface area contributed by atoms with E-state index in [0.29, 0.717) is 6.54 Å². The number of rotatable bonds is 9. The summed E-state index contributed by atoms with van der Waals surface area (Å²) in [5.41, 5.74) is 3.58. The number of aromatic nitrogens is 2. The molecule has 0 aliphatic heterocycles. The van der Waals surface area contributed by atoms with E-state index < -0.39 is 0 Å². The lowest BCUT2D eigenvalue weighted by atomic mass is 10.1. The van der Waals surface area contributed by atoms with Crippen molar-refractivity contribution in [1.29, 1.82) is 0 Å². The largest absolute Gasteiger partial charge is 0.493 e. The predicted molar refractivity (Wildman–Crippen MR) is 133 cm³/mol. The Morgan fingerprint density at radius 3 is 2.43 bits per heavy atom. The second-order valence-corrected chi connectivity index (χ2v) is 7.32. The average Bonchev–Trinajstić information content (AvgIpc) is 2.92. The average molecular weight is 529 g/mol. The lowest BCUT2D eigenvalue weighted by Gasteiger charge is -2.19. The Balaban J connectivity index is 0.00000450. The Morgan fingerprint density at radius 2 is 1.87 bits per heavy atom. The normalized spacial score (nSPS) is 13.2. The topological polar surface area (TPSA) is 72.7 Å². The SMILES string of the molecule is CCNC(=NCC(C)Oc1ccccc1OC)NC(C)Cc1c(C)nn(C)c1C.I. The number of aliphatic imine (C=N–C) groups is 1. The van der Waals surface area contributed by atoms with Crippen LogP contribution in [-0.4, -0.2) is 48.1 Å². The standard InChI is InChI=1S/C22H35N5O2.HI/c1-8-23-22(25-15(2)13-19-17(4)26-27(6)18(19)5)24-14-16(3)29-21-12-10-9-11-20(21)28-7;/h9-12,15-16H,8,13-14H2,1-7H3,(H2,23,24,25);1H. The van der Waals surface area contributed by atoms with Crippen molar-refractivity contribution in [3.63, 3.8) is 0 Å². The van der Waals surface area contributed by atoms with Crippen LogP contribution in [0.25, 0.3) is 0 Å². The van der Waals surface area contributed by atoms with Gasteiger partial charge in [-0.3, -0.25) is 4.68 Å². The molecule has 168 valence electrons. The van der Waals surface area contributed by atoms with Gasteiger partial charge in [-0.25, -0.2) is 4.99 Å². The van der Waals surface area contributed by atoms with Gasteiger partial charge < -0.3 is 20.1 Å². The van der Waals surface area contributed by atoms with E-state index in [4.69, 9.17) is 14.5 Å². The number of guanidine groups is 1. The van der Waals surface area contributed by atoms with Gasteiger partial charge in [0, 0.05) is 25.3 Å². The van der Waals surface area contributed by atoms with Crippen molar-refractivity contribution in [1.82, 2.24) is 20.4 Å². The van der Waals surface area contributed by atoms with Crippen LogP contribution in [-0.2, 0) is 13.5 Å². The van der Waals surface area contributed by atoms with E-state index in [1.807, 2.05) is 42.9 Å². The zero-order valence-corrected chi connectivity index (χ0v) is 21.5. The number of nitrogens with one attached hydrogen (secondary N) is 2. The number of halogens is 1. The number of methoxy groups -OCH3 is 1. The Bertz CT molecular complexity index is 822. The van der Waals surface area contributed by atoms with Crippen LogP contribution in [0.15, 0.2) is 29.3 Å². The van der Waals surface area contributed by atoms with Gasteiger partial charge in [0.05, 0.1) is 19.3 Å². The molecule has 8 heteroatoms. The first kappa shape index (κ1) is 26.1. The Morgan fingerprint density at radius 1 is 1.20 bits per heavy atom. The number of hydrogen-bond donors (Lipinski definition) is 2. The molecule has 0 aliphatic carbocycles. The van der Waals surface area contributed by atoms with Crippen molar-refractivity contribution in [2.45, 2.75) is 53.2 Å². The van der Waals surface area contributed by atoms with Crippen LogP contribution < -0.4 is 20.1 Å². The third-order valence-corrected chi connectivity index (χ3v) is 4.80. The van der Waals surface area contributed by atoms with Gasteiger partial charge in [0.15, 0.2) is 17.5 Å². The zero-order valence-electron chi connectivity index (χ0n) is 19.2. The molecule has 0 aliphatic rings. The van der Waals surface area contributed by atoms with E-state index in [2.05, 4.69) is 43.4 Å². The van der Waals surface area contributed by atoms with E-state index >= 15 is 0 Å². The monoisotopic (exact) mass is 529 g/mol. The quantitative estimate of drug-likeness (QED) is 0.295. The maximum atomic E-state index is 6.00. The molecule has 7 nitrogen and oxygen atoms in total. The Labute approximate surface area is 197 Å². The number of para-hydroxylation sites is 2. The molecule has 0 fully saturated rings. The number of nitrogens with zero attached hydrogens (tertiary/aromatic N) is 3. The summed E-state index contributed by atoms with van der Waals surface area (Å²) < 4.78 is 13.3. The molecule has 30 heavy (non-hydrogen) atoms. The van der Waals surface area contributed by atoms with Gasteiger partial charge in [0.2, 0.25) is 0 Å². The summed E-state index contributed by atoms with van der Waals surface area (Å²) in [7, 11) is 3.63. The first-order valence-corrected chi connectivity index (χ1v) is 10.2. The molecule has 0 spiro atoms. The Kier molecular flexibility index (Phi) is 11.0. The molecule has 2 N–H and O–H groups in total. The number of ether oxygens (including phenoxy) is 2. The summed E-state index contributed by atoms with van der Waals surface area (Å²) >= 11 is 0. The van der Waals surface area contributed by atoms with Crippen LogP contribution in [0.2, 0.25) is 0 Å². The minimum Gasteiger partial charge on any atom is -0.493 e. The molecule has 0 radical (unpaired) electrons. The van der Waals surface area contributed by atoms with Crippen LogP contribution in [0.1, 0.15) is 37.7 Å². The third kappa shape index (κ3) is 7.37. The molecule has 0 amide bonds. The molecule has 0 bridgehead atoms. The summed E-state index contributed by atoms with van der Waals surface area (Å²) in [6.45, 7) is 11.7. The minimum absolute atomic E-state index is 0. The van der Waals surface area contributed by atoms with Crippen LogP contribution in [0.3, 0.4) is 0 Å². The fraction of sp³-hybridized carbons (Fsp3) is 0.545. The van der Waals surface area contributed by atoms with E-state index in [9.17, 15) is 0 Å². The second kappa shape index (κ2) is 12.7. The smallest absolute Gasteiger partial charge is 0.191 e. The minimum atomic E-state index is -0.0834. The number of hydrogen-bond acceptors (Lipinski definition) is 4. The molecule has 1 aromatic heterocycles. The summed E-state index contributed by atoms with van der Waals surface area (Å²) in [5.74, 6) is 2.24. The van der Waals surface area contributed by atoms with Gasteiger partial charge in [-0.15, -0.1) is 24.0 Å². The van der Waals surface area contributed by atoms with Crippen LogP contribution in [0, 0.1) is 13.8 Å². The molecule has 0 saturated carbocycles. The maximum absolute atomic E-state index is 6.00. The van der Waals surface area contributed by atoms with E-state index in [1.165, 1.54) is 11.3 Å². The Hall–Kier alpha value is -1.97. The molecule has 2 rings (SSSR count). The number of aryl methyl sites for hydroxylation is 2. The highest BCUT2D eigenvalue weighted by Crippen LogP contribution is 2.26. The highest BCUT2D eigenvalue weighted by molar-refractivity contribution is 14.0. The van der Waals surface area contributed by atoms with Crippen LogP contribution in [0.4, 0.5) is 0 Å². The molecular formula is C22H36IN5O2. The zero-order chi connectivity index (χ0) is 21.4. The lowest BCUT2D eigenvalue weighted by molar-refractivity contribution is 0.219. The van der Waals surface area contributed by atoms with Gasteiger partial charge in [0.1, 0.15) is 6.10 Å². The lowest BCUT2D eigenvalue weighted by Crippen LogP contribution is -2.43. The maximum Gasteiger partial charge on any atom is 0.191 e. The van der Waals surface area contributed by atoms with Crippen molar-refractivity contribution in [3.05, 3.63) is 41.2 Å². The van der Waals surface area contributed by atoms with Gasteiger partial charge in [-0.2, -0.15) is 5.10 Å². The molecule has 0 saturated heterocycles. The van der Waals surface area contributed by atoms with Gasteiger partial charge in [0.25, 0.3) is 0 Å². The number of benzene rings is 1. The predicted octanol–water partition coefficient (Wildman–Crippen LogP) is 3.62. The fourth-order valence-electron chi connectivity index (χ4n) is 3.21. The van der Waals surface area contributed by atoms with Gasteiger partial charge in [-0.05, 0) is 58.7 Å². The highest BCUT2D eigenvalue weighted by atomic mass is 127. The summed E-state index contributed by atoms with van der Waals surface area (Å²) in [5, 5.41) is 11.3. The van der Waals surface area contributed by atoms with Crippen molar-refractivity contribution < 1.29 is 9.47 Å². The second-order valence-electron chi connectivity index (χ2n) is 7.32. The van der Waals surface area contributed by atoms with Crippen LogP contribution >= 0.6 is 24.0 Å².